The first-order chi connectivity index (χ1) is 7.46. The highest BCUT2D eigenvalue weighted by Gasteiger charge is 2.56. The van der Waals surface area contributed by atoms with E-state index in [1.165, 1.54) is 0 Å². The monoisotopic (exact) mass is 279 g/mol. The summed E-state index contributed by atoms with van der Waals surface area (Å²) in [6.45, 7) is 0. The van der Waals surface area contributed by atoms with Crippen LogP contribution in [0.2, 0.25) is 6.04 Å². The molecule has 0 atom stereocenters. The summed E-state index contributed by atoms with van der Waals surface area (Å²) in [5, 5.41) is 16.2. The van der Waals surface area contributed by atoms with Gasteiger partial charge in [0, 0.05) is 6.42 Å². The van der Waals surface area contributed by atoms with E-state index in [1.54, 1.807) is 0 Å². The normalized spacial score (nSPS) is 14.1. The summed E-state index contributed by atoms with van der Waals surface area (Å²) >= 11 is 0. The second-order valence-corrected chi connectivity index (χ2v) is 6.95. The van der Waals surface area contributed by atoms with Crippen molar-refractivity contribution in [1.82, 2.24) is 0 Å². The van der Waals surface area contributed by atoms with Gasteiger partial charge in [-0.15, -0.1) is 0 Å². The first kappa shape index (κ1) is 16.7. The molecule has 0 unspecified atom stereocenters. The van der Waals surface area contributed by atoms with Crippen molar-refractivity contribution in [3.8, 4) is 0 Å². The van der Waals surface area contributed by atoms with Gasteiger partial charge in [0.1, 0.15) is 0 Å². The van der Waals surface area contributed by atoms with Crippen LogP contribution in [0, 0.1) is 0 Å². The van der Waals surface area contributed by atoms with Crippen molar-refractivity contribution in [2.45, 2.75) is 50.2 Å². The number of hydrogen-bond donors (Lipinski definition) is 3. The maximum absolute atomic E-state index is 12.5. The third-order valence-electron chi connectivity index (χ3n) is 2.27. The minimum atomic E-state index is -5.46. The maximum Gasteiger partial charge on any atom is 0.453 e. The number of rotatable bonds is 7. The van der Waals surface area contributed by atoms with Crippen LogP contribution in [0.3, 0.4) is 0 Å². The lowest BCUT2D eigenvalue weighted by molar-refractivity contribution is -0.284. The molecule has 0 saturated heterocycles. The van der Waals surface area contributed by atoms with E-state index in [1.807, 2.05) is 0 Å². The zero-order chi connectivity index (χ0) is 13.7. The molecule has 0 aliphatic heterocycles. The molecule has 0 radical (unpaired) electrons. The third-order valence-corrected chi connectivity index (χ3v) is 3.48. The molecule has 0 aliphatic carbocycles. The highest BCUT2D eigenvalue weighted by atomic mass is 28.4. The molecular weight excluding hydrogens is 261 g/mol. The van der Waals surface area contributed by atoms with Crippen LogP contribution >= 0.6 is 0 Å². The summed E-state index contributed by atoms with van der Waals surface area (Å²) in [6.07, 6.45) is -5.45. The predicted molar refractivity (Wildman–Crippen MR) is 57.2 cm³/mol. The Morgan fingerprint density at radius 1 is 0.765 bits per heavy atom. The van der Waals surface area contributed by atoms with Gasteiger partial charge < -0.3 is 16.2 Å². The number of unbranched alkanes of at least 4 members (excludes halogenated alkanes) is 3. The zero-order valence-electron chi connectivity index (χ0n) is 9.36. The summed E-state index contributed by atoms with van der Waals surface area (Å²) in [4.78, 5) is 0. The molecule has 0 fully saturated rings. The molecule has 0 amide bonds. The van der Waals surface area contributed by atoms with Crippen molar-refractivity contribution >= 4 is 8.56 Å². The largest absolute Gasteiger partial charge is 0.453 e. The summed E-state index contributed by atoms with van der Waals surface area (Å²) in [7, 11) is -2.61. The number of hydrogen-bond acceptors (Lipinski definition) is 3. The SMILES string of the molecule is N[Si](N)(N)CCCCCCC(F)(F)C(F)(F)F. The lowest BCUT2D eigenvalue weighted by Crippen LogP contribution is -2.64. The summed E-state index contributed by atoms with van der Waals surface area (Å²) in [5.41, 5.74) is 0. The van der Waals surface area contributed by atoms with Crippen molar-refractivity contribution in [3.05, 3.63) is 0 Å². The van der Waals surface area contributed by atoms with E-state index in [0.717, 1.165) is 0 Å². The molecule has 0 aliphatic rings. The van der Waals surface area contributed by atoms with Gasteiger partial charge in [-0.2, -0.15) is 22.0 Å². The van der Waals surface area contributed by atoms with Gasteiger partial charge in [0.05, 0.1) is 0 Å². The van der Waals surface area contributed by atoms with Crippen molar-refractivity contribution in [2.75, 3.05) is 0 Å². The maximum atomic E-state index is 12.5. The van der Waals surface area contributed by atoms with Crippen LogP contribution in [0.25, 0.3) is 0 Å². The molecule has 6 N–H and O–H groups in total. The Morgan fingerprint density at radius 3 is 1.65 bits per heavy atom. The molecule has 0 saturated carbocycles. The van der Waals surface area contributed by atoms with E-state index in [9.17, 15) is 22.0 Å². The van der Waals surface area contributed by atoms with Crippen LogP contribution in [0.15, 0.2) is 0 Å². The van der Waals surface area contributed by atoms with Gasteiger partial charge >= 0.3 is 12.1 Å². The molecule has 0 bridgehead atoms. The molecule has 0 aromatic rings. The number of halogens is 5. The third kappa shape index (κ3) is 7.63. The zero-order valence-corrected chi connectivity index (χ0v) is 10.4. The molecule has 9 heteroatoms. The van der Waals surface area contributed by atoms with E-state index in [0.29, 0.717) is 18.9 Å². The van der Waals surface area contributed by atoms with E-state index in [4.69, 9.17) is 16.2 Å². The van der Waals surface area contributed by atoms with Gasteiger partial charge in [-0.05, 0) is 12.5 Å². The highest BCUT2D eigenvalue weighted by molar-refractivity contribution is 6.70. The van der Waals surface area contributed by atoms with Crippen LogP contribution < -0.4 is 16.2 Å². The summed E-state index contributed by atoms with van der Waals surface area (Å²) in [5.74, 6) is -4.60. The smallest absolute Gasteiger partial charge is 0.327 e. The van der Waals surface area contributed by atoms with Gasteiger partial charge in [0.25, 0.3) is 8.56 Å². The minimum Gasteiger partial charge on any atom is -0.327 e. The Kier molecular flexibility index (Phi) is 5.98. The second kappa shape index (κ2) is 6.07. The van der Waals surface area contributed by atoms with Crippen LogP contribution in [0.4, 0.5) is 22.0 Å². The van der Waals surface area contributed by atoms with E-state index >= 15 is 0 Å². The van der Waals surface area contributed by atoms with Gasteiger partial charge in [0.2, 0.25) is 0 Å². The van der Waals surface area contributed by atoms with E-state index in [-0.39, 0.29) is 12.8 Å². The number of alkyl halides is 5. The van der Waals surface area contributed by atoms with Gasteiger partial charge in [0.15, 0.2) is 0 Å². The Bertz CT molecular complexity index is 226. The Balaban J connectivity index is 3.66. The molecule has 3 nitrogen and oxygen atoms in total. The first-order valence-corrected chi connectivity index (χ1v) is 7.71. The van der Waals surface area contributed by atoms with Crippen molar-refractivity contribution < 1.29 is 22.0 Å². The van der Waals surface area contributed by atoms with E-state index in [2.05, 4.69) is 0 Å². The van der Waals surface area contributed by atoms with Gasteiger partial charge in [-0.3, -0.25) is 0 Å². The molecule has 0 aromatic carbocycles. The standard InChI is InChI=1S/C8H18F5N3Si/c9-7(10,8(11,12)13)5-3-1-2-4-6-17(14,15)16/h1-6,14-16H2. The van der Waals surface area contributed by atoms with Gasteiger partial charge in [-0.25, -0.2) is 0 Å². The minimum absolute atomic E-state index is 0.180. The first-order valence-electron chi connectivity index (χ1n) is 5.27. The quantitative estimate of drug-likeness (QED) is 0.378. The van der Waals surface area contributed by atoms with Crippen molar-refractivity contribution in [3.63, 3.8) is 0 Å². The lowest BCUT2D eigenvalue weighted by Gasteiger charge is -2.19. The van der Waals surface area contributed by atoms with Crippen LogP contribution in [-0.4, -0.2) is 20.7 Å². The average molecular weight is 279 g/mol. The van der Waals surface area contributed by atoms with E-state index < -0.39 is 27.1 Å². The average Bonchev–Trinajstić information content (AvgIpc) is 2.07. The number of nitrogens with two attached hydrogens (primary N) is 3. The molecule has 0 heterocycles. The van der Waals surface area contributed by atoms with Crippen LogP contribution in [-0.2, 0) is 0 Å². The molecule has 0 spiro atoms. The molecular formula is C8H18F5N3Si. The lowest BCUT2D eigenvalue weighted by atomic mass is 10.1. The molecule has 0 aromatic heterocycles. The fourth-order valence-electron chi connectivity index (χ4n) is 1.27. The summed E-state index contributed by atoms with van der Waals surface area (Å²) in [6, 6.07) is 0.433. The molecule has 104 valence electrons. The predicted octanol–water partition coefficient (Wildman–Crippen LogP) is 1.95. The van der Waals surface area contributed by atoms with Crippen LogP contribution in [0.5, 0.6) is 0 Å². The fourth-order valence-corrected chi connectivity index (χ4v) is 2.14. The highest BCUT2D eigenvalue weighted by Crippen LogP contribution is 2.39. The second-order valence-electron chi connectivity index (χ2n) is 4.23. The Labute approximate surface area is 97.8 Å². The van der Waals surface area contributed by atoms with Crippen molar-refractivity contribution in [1.29, 1.82) is 0 Å². The fraction of sp³-hybridized carbons (Fsp3) is 1.00. The summed E-state index contributed by atoms with van der Waals surface area (Å²) < 4.78 is 60.2. The van der Waals surface area contributed by atoms with Crippen molar-refractivity contribution in [2.24, 2.45) is 16.2 Å². The molecule has 17 heavy (non-hydrogen) atoms. The van der Waals surface area contributed by atoms with Gasteiger partial charge in [-0.1, -0.05) is 19.3 Å². The van der Waals surface area contributed by atoms with Crippen LogP contribution in [0.1, 0.15) is 32.1 Å². The molecule has 0 rings (SSSR count). The Hall–Kier alpha value is -0.253. The Morgan fingerprint density at radius 2 is 1.24 bits per heavy atom. The topological polar surface area (TPSA) is 78.1 Å².